The molecule has 4 rings (SSSR count). The summed E-state index contributed by atoms with van der Waals surface area (Å²) in [6.07, 6.45) is 1.37. The molecule has 0 aliphatic carbocycles. The van der Waals surface area contributed by atoms with Gasteiger partial charge in [-0.3, -0.25) is 19.7 Å². The van der Waals surface area contributed by atoms with E-state index in [4.69, 9.17) is 4.74 Å². The molecule has 4 aromatic rings. The molecule has 0 saturated carbocycles. The molecule has 0 radical (unpaired) electrons. The average molecular weight is 523 g/mol. The lowest BCUT2D eigenvalue weighted by atomic mass is 10.1. The lowest BCUT2D eigenvalue weighted by Gasteiger charge is -2.08. The number of nitrogens with zero attached hydrogens (tertiary/aromatic N) is 2. The molecule has 2 amide bonds. The van der Waals surface area contributed by atoms with E-state index < -0.39 is 22.7 Å². The highest BCUT2D eigenvalue weighted by atomic mass is 16.6. The van der Waals surface area contributed by atoms with Gasteiger partial charge in [0.15, 0.2) is 0 Å². The smallest absolute Gasteiger partial charge is 0.343 e. The minimum Gasteiger partial charge on any atom is -0.422 e. The molecule has 0 fully saturated rings. The Morgan fingerprint density at radius 2 is 1.49 bits per heavy atom. The number of rotatable bonds is 8. The van der Waals surface area contributed by atoms with Crippen molar-refractivity contribution >= 4 is 35.4 Å². The van der Waals surface area contributed by atoms with E-state index in [2.05, 4.69) is 15.8 Å². The average Bonchev–Trinajstić information content (AvgIpc) is 2.94. The van der Waals surface area contributed by atoms with E-state index in [0.717, 1.165) is 5.56 Å². The van der Waals surface area contributed by atoms with Crippen molar-refractivity contribution in [1.29, 1.82) is 0 Å². The van der Waals surface area contributed by atoms with E-state index in [0.29, 0.717) is 22.4 Å². The van der Waals surface area contributed by atoms with Gasteiger partial charge in [0.25, 0.3) is 17.5 Å². The summed E-state index contributed by atoms with van der Waals surface area (Å²) in [6, 6.07) is 25.1. The first-order chi connectivity index (χ1) is 18.8. The molecule has 0 unspecified atom stereocenters. The lowest BCUT2D eigenvalue weighted by Crippen LogP contribution is -2.18. The van der Waals surface area contributed by atoms with Crippen LogP contribution in [0.15, 0.2) is 102 Å². The van der Waals surface area contributed by atoms with Crippen molar-refractivity contribution in [3.8, 4) is 5.75 Å². The van der Waals surface area contributed by atoms with Gasteiger partial charge in [0.05, 0.1) is 16.7 Å². The van der Waals surface area contributed by atoms with Crippen LogP contribution in [0.2, 0.25) is 0 Å². The van der Waals surface area contributed by atoms with Crippen LogP contribution in [0.1, 0.15) is 42.2 Å². The van der Waals surface area contributed by atoms with E-state index in [1.54, 1.807) is 54.6 Å². The largest absolute Gasteiger partial charge is 0.422 e. The van der Waals surface area contributed by atoms with Crippen molar-refractivity contribution in [2.75, 3.05) is 5.32 Å². The molecule has 0 saturated heterocycles. The monoisotopic (exact) mass is 522 g/mol. The number of benzene rings is 4. The zero-order chi connectivity index (χ0) is 27.8. The van der Waals surface area contributed by atoms with Crippen LogP contribution in [0.4, 0.5) is 11.4 Å². The molecule has 0 aromatic heterocycles. The summed E-state index contributed by atoms with van der Waals surface area (Å²) in [5.74, 6) is -1.17. The Morgan fingerprint density at radius 3 is 2.18 bits per heavy atom. The second-order valence-electron chi connectivity index (χ2n) is 8.33. The first-order valence-corrected chi connectivity index (χ1v) is 11.7. The van der Waals surface area contributed by atoms with Gasteiger partial charge in [-0.1, -0.05) is 29.8 Å². The zero-order valence-electron chi connectivity index (χ0n) is 20.7. The maximum Gasteiger partial charge on any atom is 0.343 e. The molecule has 0 atom stereocenters. The number of amides is 2. The number of nitro benzene ring substituents is 1. The number of nitrogens with one attached hydrogen (secondary N) is 2. The highest BCUT2D eigenvalue weighted by Gasteiger charge is 2.12. The number of anilines is 1. The summed E-state index contributed by atoms with van der Waals surface area (Å²) in [7, 11) is 0. The van der Waals surface area contributed by atoms with Gasteiger partial charge in [-0.15, -0.1) is 0 Å². The van der Waals surface area contributed by atoms with Crippen LogP contribution >= 0.6 is 0 Å². The Morgan fingerprint density at radius 1 is 0.821 bits per heavy atom. The number of carbonyl (C=O) groups is 3. The molecular formula is C29H22N4O6. The third-order valence-electron chi connectivity index (χ3n) is 5.49. The molecule has 2 N–H and O–H groups in total. The van der Waals surface area contributed by atoms with Gasteiger partial charge < -0.3 is 10.1 Å². The summed E-state index contributed by atoms with van der Waals surface area (Å²) >= 11 is 0. The number of hydrogen-bond donors (Lipinski definition) is 2. The molecule has 4 aromatic carbocycles. The van der Waals surface area contributed by atoms with Crippen LogP contribution in [-0.2, 0) is 0 Å². The van der Waals surface area contributed by atoms with Crippen LogP contribution < -0.4 is 15.5 Å². The van der Waals surface area contributed by atoms with Crippen LogP contribution in [0.5, 0.6) is 5.75 Å². The normalized spacial score (nSPS) is 10.6. The first-order valence-electron chi connectivity index (χ1n) is 11.7. The van der Waals surface area contributed by atoms with Crippen molar-refractivity contribution in [2.24, 2.45) is 5.10 Å². The molecule has 194 valence electrons. The quantitative estimate of drug-likeness (QED) is 0.108. The number of esters is 1. The summed E-state index contributed by atoms with van der Waals surface area (Å²) in [5, 5.41) is 17.4. The number of ether oxygens (including phenoxy) is 1. The van der Waals surface area contributed by atoms with Crippen molar-refractivity contribution in [3.05, 3.63) is 135 Å². The number of carbonyl (C=O) groups excluding carboxylic acids is 3. The lowest BCUT2D eigenvalue weighted by molar-refractivity contribution is -0.384. The van der Waals surface area contributed by atoms with Crippen LogP contribution in [0.3, 0.4) is 0 Å². The summed E-state index contributed by atoms with van der Waals surface area (Å²) < 4.78 is 5.51. The van der Waals surface area contributed by atoms with Gasteiger partial charge in [-0.25, -0.2) is 10.2 Å². The van der Waals surface area contributed by atoms with Gasteiger partial charge in [-0.2, -0.15) is 5.10 Å². The third-order valence-corrected chi connectivity index (χ3v) is 5.49. The molecule has 0 aliphatic heterocycles. The fourth-order valence-corrected chi connectivity index (χ4v) is 3.48. The van der Waals surface area contributed by atoms with Gasteiger partial charge in [0.2, 0.25) is 0 Å². The minimum atomic E-state index is -0.546. The maximum absolute atomic E-state index is 12.5. The van der Waals surface area contributed by atoms with Crippen molar-refractivity contribution in [3.63, 3.8) is 0 Å². The predicted octanol–water partition coefficient (Wildman–Crippen LogP) is 5.14. The SMILES string of the molecule is Cc1cccc(C(=O)Oc2ccccc2/C=N\NC(=O)c2ccc(NC(=O)c3ccc([N+](=O)[O-])cc3)cc2)c1. The fraction of sp³-hybridized carbons (Fsp3) is 0.0345. The first kappa shape index (κ1) is 26.4. The Kier molecular flexibility index (Phi) is 8.17. The second-order valence-corrected chi connectivity index (χ2v) is 8.33. The van der Waals surface area contributed by atoms with Crippen molar-refractivity contribution < 1.29 is 24.0 Å². The molecule has 0 heterocycles. The Labute approximate surface area is 223 Å². The fourth-order valence-electron chi connectivity index (χ4n) is 3.48. The van der Waals surface area contributed by atoms with Crippen LogP contribution in [0, 0.1) is 17.0 Å². The van der Waals surface area contributed by atoms with Crippen LogP contribution in [-0.4, -0.2) is 28.9 Å². The molecule has 0 spiro atoms. The van der Waals surface area contributed by atoms with Gasteiger partial charge in [0.1, 0.15) is 5.75 Å². The number of hydrazone groups is 1. The van der Waals surface area contributed by atoms with Crippen LogP contribution in [0.25, 0.3) is 0 Å². The predicted molar refractivity (Wildman–Crippen MR) is 145 cm³/mol. The zero-order valence-corrected chi connectivity index (χ0v) is 20.7. The summed E-state index contributed by atoms with van der Waals surface area (Å²) in [6.45, 7) is 1.88. The highest BCUT2D eigenvalue weighted by molar-refractivity contribution is 6.04. The highest BCUT2D eigenvalue weighted by Crippen LogP contribution is 2.19. The Balaban J connectivity index is 1.35. The van der Waals surface area contributed by atoms with Gasteiger partial charge in [0, 0.05) is 34.5 Å². The topological polar surface area (TPSA) is 140 Å². The number of non-ortho nitro benzene ring substituents is 1. The summed E-state index contributed by atoms with van der Waals surface area (Å²) in [4.78, 5) is 47.6. The molecule has 10 heteroatoms. The van der Waals surface area contributed by atoms with E-state index in [9.17, 15) is 24.5 Å². The Hall–Kier alpha value is -5.64. The van der Waals surface area contributed by atoms with E-state index in [1.165, 1.54) is 42.6 Å². The number of hydrogen-bond acceptors (Lipinski definition) is 7. The minimum absolute atomic E-state index is 0.115. The van der Waals surface area contributed by atoms with E-state index in [-0.39, 0.29) is 17.0 Å². The molecular weight excluding hydrogens is 500 g/mol. The number of nitro groups is 1. The van der Waals surface area contributed by atoms with E-state index in [1.807, 2.05) is 13.0 Å². The third kappa shape index (κ3) is 6.98. The second kappa shape index (κ2) is 12.1. The van der Waals surface area contributed by atoms with Crippen molar-refractivity contribution in [2.45, 2.75) is 6.92 Å². The van der Waals surface area contributed by atoms with Gasteiger partial charge >= 0.3 is 5.97 Å². The number of para-hydroxylation sites is 1. The van der Waals surface area contributed by atoms with Crippen molar-refractivity contribution in [1.82, 2.24) is 5.43 Å². The molecule has 0 aliphatic rings. The Bertz CT molecular complexity index is 1560. The maximum atomic E-state index is 12.5. The standard InChI is InChI=1S/C29H22N4O6/c1-19-5-4-7-22(17-19)29(36)39-26-8-3-2-6-23(26)18-30-32-28(35)21-9-13-24(14-10-21)31-27(34)20-11-15-25(16-12-20)33(37)38/h2-18H,1H3,(H,31,34)(H,32,35)/b30-18-. The molecule has 0 bridgehead atoms. The molecule has 39 heavy (non-hydrogen) atoms. The number of aryl methyl sites for hydroxylation is 1. The summed E-state index contributed by atoms with van der Waals surface area (Å²) in [5.41, 5.74) is 5.12. The van der Waals surface area contributed by atoms with Gasteiger partial charge in [-0.05, 0) is 67.6 Å². The van der Waals surface area contributed by atoms with E-state index >= 15 is 0 Å². The molecule has 10 nitrogen and oxygen atoms in total.